The van der Waals surface area contributed by atoms with Crippen LogP contribution >= 0.6 is 0 Å². The van der Waals surface area contributed by atoms with Gasteiger partial charge in [-0.25, -0.2) is 4.79 Å². The number of hydrogen-bond acceptors (Lipinski definition) is 4. The predicted octanol–water partition coefficient (Wildman–Crippen LogP) is 3.81. The molecular formula is C23H19NO4. The molecule has 0 aliphatic carbocycles. The summed E-state index contributed by atoms with van der Waals surface area (Å²) in [5.41, 5.74) is 8.29. The van der Waals surface area contributed by atoms with Gasteiger partial charge in [-0.1, -0.05) is 60.7 Å². The van der Waals surface area contributed by atoms with Gasteiger partial charge in [0.1, 0.15) is 17.1 Å². The molecule has 3 aromatic rings. The second-order valence-electron chi connectivity index (χ2n) is 6.57. The number of nitrogens with two attached hydrogens (primary N) is 1. The second kappa shape index (κ2) is 7.56. The molecule has 0 fully saturated rings. The highest BCUT2D eigenvalue weighted by atomic mass is 16.5. The van der Waals surface area contributed by atoms with Crippen LogP contribution in [0.1, 0.15) is 33.0 Å². The van der Waals surface area contributed by atoms with Gasteiger partial charge in [0.2, 0.25) is 5.91 Å². The highest BCUT2D eigenvalue weighted by Gasteiger charge is 2.33. The zero-order valence-electron chi connectivity index (χ0n) is 15.1. The lowest BCUT2D eigenvalue weighted by Gasteiger charge is -2.27. The zero-order valence-corrected chi connectivity index (χ0v) is 15.1. The molecule has 0 saturated carbocycles. The number of benzene rings is 3. The van der Waals surface area contributed by atoms with Crippen LogP contribution < -0.4 is 10.5 Å². The summed E-state index contributed by atoms with van der Waals surface area (Å²) in [6.07, 6.45) is 0.620. The monoisotopic (exact) mass is 373 g/mol. The third-order valence-corrected chi connectivity index (χ3v) is 4.77. The summed E-state index contributed by atoms with van der Waals surface area (Å²) in [7, 11) is 0. The number of para-hydroxylation sites is 2. The summed E-state index contributed by atoms with van der Waals surface area (Å²) in [6, 6.07) is 22.1. The Bertz CT molecular complexity index is 1030. The lowest BCUT2D eigenvalue weighted by molar-refractivity contribution is -0.118. The van der Waals surface area contributed by atoms with E-state index < -0.39 is 17.8 Å². The van der Waals surface area contributed by atoms with E-state index >= 15 is 0 Å². The lowest BCUT2D eigenvalue weighted by atomic mass is 9.86. The van der Waals surface area contributed by atoms with Gasteiger partial charge in [-0.3, -0.25) is 4.79 Å². The van der Waals surface area contributed by atoms with Crippen LogP contribution in [0.5, 0.6) is 11.5 Å². The normalized spacial score (nSPS) is 14.4. The Labute approximate surface area is 162 Å². The van der Waals surface area contributed by atoms with E-state index in [1.165, 1.54) is 0 Å². The van der Waals surface area contributed by atoms with Gasteiger partial charge >= 0.3 is 5.97 Å². The molecule has 4 rings (SSSR count). The molecule has 3 aromatic carbocycles. The van der Waals surface area contributed by atoms with Crippen molar-refractivity contribution in [3.05, 3.63) is 95.1 Å². The molecule has 0 bridgehead atoms. The first-order chi connectivity index (χ1) is 13.6. The summed E-state index contributed by atoms with van der Waals surface area (Å²) in [5.74, 6) is -0.808. The SMILES string of the molecule is NC(=O)C1c2ccccc2Oc2c(C(=O)OCCc3ccccc3)cccc21. The van der Waals surface area contributed by atoms with Crippen molar-refractivity contribution in [2.45, 2.75) is 12.3 Å². The minimum absolute atomic E-state index is 0.252. The van der Waals surface area contributed by atoms with E-state index in [1.54, 1.807) is 30.3 Å². The van der Waals surface area contributed by atoms with Crippen molar-refractivity contribution in [3.8, 4) is 11.5 Å². The number of ether oxygens (including phenoxy) is 2. The van der Waals surface area contributed by atoms with Crippen molar-refractivity contribution in [2.24, 2.45) is 5.73 Å². The summed E-state index contributed by atoms with van der Waals surface area (Å²) in [6.45, 7) is 0.252. The number of amides is 1. The number of carbonyl (C=O) groups excluding carboxylic acids is 2. The van der Waals surface area contributed by atoms with Crippen LogP contribution in [0.15, 0.2) is 72.8 Å². The topological polar surface area (TPSA) is 78.6 Å². The Balaban J connectivity index is 1.60. The van der Waals surface area contributed by atoms with Gasteiger partial charge in [0.25, 0.3) is 0 Å². The Morgan fingerprint density at radius 3 is 2.39 bits per heavy atom. The molecule has 0 spiro atoms. The Kier molecular flexibility index (Phi) is 4.81. The number of hydrogen-bond donors (Lipinski definition) is 1. The highest BCUT2D eigenvalue weighted by Crippen LogP contribution is 2.45. The molecule has 140 valence electrons. The maximum atomic E-state index is 12.7. The fourth-order valence-electron chi connectivity index (χ4n) is 3.44. The van der Waals surface area contributed by atoms with Crippen molar-refractivity contribution >= 4 is 11.9 Å². The fourth-order valence-corrected chi connectivity index (χ4v) is 3.44. The lowest BCUT2D eigenvalue weighted by Crippen LogP contribution is -2.26. The van der Waals surface area contributed by atoms with Gasteiger partial charge in [-0.05, 0) is 17.7 Å². The fraction of sp³-hybridized carbons (Fsp3) is 0.130. The maximum absolute atomic E-state index is 12.7. The molecule has 1 atom stereocenters. The van der Waals surface area contributed by atoms with Crippen molar-refractivity contribution < 1.29 is 19.1 Å². The average molecular weight is 373 g/mol. The molecule has 1 aliphatic heterocycles. The molecule has 1 heterocycles. The van der Waals surface area contributed by atoms with E-state index in [0.29, 0.717) is 29.0 Å². The Morgan fingerprint density at radius 1 is 0.893 bits per heavy atom. The van der Waals surface area contributed by atoms with Crippen molar-refractivity contribution in [2.75, 3.05) is 6.61 Å². The minimum Gasteiger partial charge on any atom is -0.462 e. The summed E-state index contributed by atoms with van der Waals surface area (Å²) in [4.78, 5) is 24.8. The van der Waals surface area contributed by atoms with Crippen LogP contribution in [0.3, 0.4) is 0 Å². The zero-order chi connectivity index (χ0) is 19.5. The third-order valence-electron chi connectivity index (χ3n) is 4.77. The molecule has 5 nitrogen and oxygen atoms in total. The molecule has 0 aromatic heterocycles. The van der Waals surface area contributed by atoms with E-state index in [0.717, 1.165) is 5.56 Å². The van der Waals surface area contributed by atoms with Crippen LogP contribution in [0.25, 0.3) is 0 Å². The van der Waals surface area contributed by atoms with Crippen molar-refractivity contribution in [1.29, 1.82) is 0 Å². The molecule has 1 amide bonds. The van der Waals surface area contributed by atoms with Crippen LogP contribution in [0.2, 0.25) is 0 Å². The number of rotatable bonds is 5. The largest absolute Gasteiger partial charge is 0.462 e. The molecule has 0 radical (unpaired) electrons. The first-order valence-electron chi connectivity index (χ1n) is 9.05. The van der Waals surface area contributed by atoms with Crippen LogP contribution in [-0.2, 0) is 16.0 Å². The second-order valence-corrected chi connectivity index (χ2v) is 6.57. The van der Waals surface area contributed by atoms with Gasteiger partial charge in [0, 0.05) is 17.5 Å². The molecule has 5 heteroatoms. The smallest absolute Gasteiger partial charge is 0.341 e. The summed E-state index contributed by atoms with van der Waals surface area (Å²) in [5, 5.41) is 0. The molecule has 2 N–H and O–H groups in total. The van der Waals surface area contributed by atoms with Gasteiger partial charge < -0.3 is 15.2 Å². The molecule has 28 heavy (non-hydrogen) atoms. The number of carbonyl (C=O) groups is 2. The molecule has 1 aliphatic rings. The van der Waals surface area contributed by atoms with Crippen LogP contribution in [-0.4, -0.2) is 18.5 Å². The van der Waals surface area contributed by atoms with E-state index in [-0.39, 0.29) is 12.2 Å². The average Bonchev–Trinajstić information content (AvgIpc) is 2.72. The first-order valence-corrected chi connectivity index (χ1v) is 9.05. The summed E-state index contributed by atoms with van der Waals surface area (Å²) < 4.78 is 11.4. The van der Waals surface area contributed by atoms with E-state index in [1.807, 2.05) is 42.5 Å². The molecule has 1 unspecified atom stereocenters. The Morgan fingerprint density at radius 2 is 1.61 bits per heavy atom. The van der Waals surface area contributed by atoms with Crippen LogP contribution in [0.4, 0.5) is 0 Å². The van der Waals surface area contributed by atoms with Gasteiger partial charge in [0.05, 0.1) is 12.5 Å². The molecular weight excluding hydrogens is 354 g/mol. The van der Waals surface area contributed by atoms with Crippen LogP contribution in [0, 0.1) is 0 Å². The van der Waals surface area contributed by atoms with E-state index in [9.17, 15) is 9.59 Å². The summed E-state index contributed by atoms with van der Waals surface area (Å²) >= 11 is 0. The van der Waals surface area contributed by atoms with Gasteiger partial charge in [-0.15, -0.1) is 0 Å². The first kappa shape index (κ1) is 17.8. The standard InChI is InChI=1S/C23H19NO4/c24-22(25)20-16-9-4-5-12-19(16)28-21-17(20)10-6-11-18(21)23(26)27-14-13-15-7-2-1-3-8-15/h1-12,20H,13-14H2,(H2,24,25). The Hall–Kier alpha value is -3.60. The number of primary amides is 1. The van der Waals surface area contributed by atoms with Crippen molar-refractivity contribution in [1.82, 2.24) is 0 Å². The minimum atomic E-state index is -0.669. The highest BCUT2D eigenvalue weighted by molar-refractivity contribution is 5.96. The number of fused-ring (bicyclic) bond motifs is 2. The van der Waals surface area contributed by atoms with E-state index in [2.05, 4.69) is 0 Å². The molecule has 0 saturated heterocycles. The van der Waals surface area contributed by atoms with Crippen molar-refractivity contribution in [3.63, 3.8) is 0 Å². The maximum Gasteiger partial charge on any atom is 0.341 e. The van der Waals surface area contributed by atoms with Gasteiger partial charge in [0.15, 0.2) is 0 Å². The quantitative estimate of drug-likeness (QED) is 0.690. The predicted molar refractivity (Wildman–Crippen MR) is 104 cm³/mol. The third kappa shape index (κ3) is 3.34. The van der Waals surface area contributed by atoms with Gasteiger partial charge in [-0.2, -0.15) is 0 Å². The number of esters is 1. The van der Waals surface area contributed by atoms with E-state index in [4.69, 9.17) is 15.2 Å².